The van der Waals surface area contributed by atoms with Gasteiger partial charge in [-0.05, 0) is 51.0 Å². The van der Waals surface area contributed by atoms with Crippen LogP contribution in [0.1, 0.15) is 25.0 Å². The lowest BCUT2D eigenvalue weighted by molar-refractivity contribution is -0.115. The van der Waals surface area contributed by atoms with Gasteiger partial charge in [-0.15, -0.1) is 0 Å². The molecule has 0 aliphatic carbocycles. The van der Waals surface area contributed by atoms with Gasteiger partial charge in [-0.1, -0.05) is 6.07 Å². The number of nitrogens with one attached hydrogen (secondary N) is 3. The summed E-state index contributed by atoms with van der Waals surface area (Å²) in [5.41, 5.74) is 2.91. The van der Waals surface area contributed by atoms with Crippen LogP contribution in [0, 0.1) is 13.8 Å². The van der Waals surface area contributed by atoms with Crippen molar-refractivity contribution >= 4 is 17.6 Å². The number of rotatable bonds is 4. The molecule has 3 N–H and O–H groups in total. The van der Waals surface area contributed by atoms with Crippen LogP contribution in [0.4, 0.5) is 10.5 Å². The van der Waals surface area contributed by atoms with Gasteiger partial charge in [0.25, 0.3) is 0 Å². The Hall–Kier alpha value is -2.04. The highest BCUT2D eigenvalue weighted by molar-refractivity contribution is 5.94. The molecular weight excluding hydrogens is 242 g/mol. The molecule has 1 rings (SSSR count). The van der Waals surface area contributed by atoms with Gasteiger partial charge in [0.15, 0.2) is 0 Å². The molecule has 0 bridgehead atoms. The van der Waals surface area contributed by atoms with Crippen LogP contribution < -0.4 is 16.0 Å². The third-order valence-corrected chi connectivity index (χ3v) is 2.33. The average Bonchev–Trinajstić information content (AvgIpc) is 2.23. The first-order valence-corrected chi connectivity index (χ1v) is 6.29. The number of amides is 3. The molecule has 0 spiro atoms. The smallest absolute Gasteiger partial charge is 0.315 e. The second-order valence-corrected chi connectivity index (χ2v) is 4.91. The third kappa shape index (κ3) is 5.90. The second kappa shape index (κ2) is 6.78. The maximum atomic E-state index is 11.7. The zero-order chi connectivity index (χ0) is 14.4. The van der Waals surface area contributed by atoms with E-state index in [1.807, 2.05) is 45.9 Å². The van der Waals surface area contributed by atoms with Crippen molar-refractivity contribution < 1.29 is 9.59 Å². The van der Waals surface area contributed by atoms with Gasteiger partial charge in [-0.2, -0.15) is 0 Å². The van der Waals surface area contributed by atoms with Gasteiger partial charge in [-0.25, -0.2) is 4.79 Å². The molecule has 0 saturated carbocycles. The van der Waals surface area contributed by atoms with Gasteiger partial charge in [0.05, 0.1) is 6.54 Å². The summed E-state index contributed by atoms with van der Waals surface area (Å²) in [4.78, 5) is 23.0. The molecule has 5 nitrogen and oxygen atoms in total. The van der Waals surface area contributed by atoms with Crippen LogP contribution in [0.3, 0.4) is 0 Å². The quantitative estimate of drug-likeness (QED) is 0.777. The molecule has 1 aromatic rings. The minimum absolute atomic E-state index is 0.0440. The number of hydrogen-bond donors (Lipinski definition) is 3. The first-order valence-electron chi connectivity index (χ1n) is 6.29. The van der Waals surface area contributed by atoms with Crippen molar-refractivity contribution in [3.05, 3.63) is 29.3 Å². The SMILES string of the molecule is Cc1cc(C)cc(NC(=O)CNC(=O)NC(C)C)c1. The first-order chi connectivity index (χ1) is 8.86. The van der Waals surface area contributed by atoms with E-state index >= 15 is 0 Å². The van der Waals surface area contributed by atoms with Gasteiger partial charge < -0.3 is 16.0 Å². The van der Waals surface area contributed by atoms with E-state index in [-0.39, 0.29) is 24.5 Å². The van der Waals surface area contributed by atoms with Gasteiger partial charge in [0.2, 0.25) is 5.91 Å². The lowest BCUT2D eigenvalue weighted by atomic mass is 10.1. The largest absolute Gasteiger partial charge is 0.336 e. The van der Waals surface area contributed by atoms with Crippen molar-refractivity contribution in [2.24, 2.45) is 0 Å². The molecule has 0 unspecified atom stereocenters. The molecule has 0 aliphatic rings. The summed E-state index contributed by atoms with van der Waals surface area (Å²) in [6.07, 6.45) is 0. The topological polar surface area (TPSA) is 70.2 Å². The Bertz CT molecular complexity index is 450. The molecule has 104 valence electrons. The number of urea groups is 1. The summed E-state index contributed by atoms with van der Waals surface area (Å²) in [6.45, 7) is 7.60. The highest BCUT2D eigenvalue weighted by atomic mass is 16.2. The monoisotopic (exact) mass is 263 g/mol. The highest BCUT2D eigenvalue weighted by Crippen LogP contribution is 2.13. The zero-order valence-corrected chi connectivity index (χ0v) is 11.8. The molecule has 0 aliphatic heterocycles. The lowest BCUT2D eigenvalue weighted by Gasteiger charge is -2.11. The van der Waals surface area contributed by atoms with Crippen LogP contribution in [0.5, 0.6) is 0 Å². The van der Waals surface area contributed by atoms with Gasteiger partial charge in [-0.3, -0.25) is 4.79 Å². The normalized spacial score (nSPS) is 10.2. The van der Waals surface area contributed by atoms with Crippen molar-refractivity contribution in [2.45, 2.75) is 33.7 Å². The summed E-state index contributed by atoms with van der Waals surface area (Å²) in [5, 5.41) is 7.90. The molecule has 3 amide bonds. The minimum atomic E-state index is -0.342. The van der Waals surface area contributed by atoms with Gasteiger partial charge in [0, 0.05) is 11.7 Å². The fourth-order valence-corrected chi connectivity index (χ4v) is 1.73. The Morgan fingerprint density at radius 2 is 1.68 bits per heavy atom. The molecule has 0 aromatic heterocycles. The van der Waals surface area contributed by atoms with Crippen LogP contribution in [-0.2, 0) is 4.79 Å². The first kappa shape index (κ1) is 15.0. The van der Waals surface area contributed by atoms with E-state index in [0.717, 1.165) is 16.8 Å². The lowest BCUT2D eigenvalue weighted by Crippen LogP contribution is -2.42. The summed E-state index contributed by atoms with van der Waals surface area (Å²) in [7, 11) is 0. The van der Waals surface area contributed by atoms with Crippen molar-refractivity contribution in [2.75, 3.05) is 11.9 Å². The summed E-state index contributed by atoms with van der Waals surface area (Å²) >= 11 is 0. The molecular formula is C14H21N3O2. The fourth-order valence-electron chi connectivity index (χ4n) is 1.73. The number of carbonyl (C=O) groups is 2. The van der Waals surface area contributed by atoms with E-state index in [2.05, 4.69) is 16.0 Å². The van der Waals surface area contributed by atoms with E-state index in [1.54, 1.807) is 0 Å². The molecule has 1 aromatic carbocycles. The Morgan fingerprint density at radius 3 is 2.21 bits per heavy atom. The third-order valence-electron chi connectivity index (χ3n) is 2.33. The van der Waals surface area contributed by atoms with Gasteiger partial charge >= 0.3 is 6.03 Å². The van der Waals surface area contributed by atoms with Crippen LogP contribution >= 0.6 is 0 Å². The van der Waals surface area contributed by atoms with Crippen LogP contribution in [0.15, 0.2) is 18.2 Å². The number of anilines is 1. The molecule has 19 heavy (non-hydrogen) atoms. The van der Waals surface area contributed by atoms with Crippen molar-refractivity contribution in [3.8, 4) is 0 Å². The minimum Gasteiger partial charge on any atom is -0.336 e. The zero-order valence-electron chi connectivity index (χ0n) is 11.8. The number of benzene rings is 1. The Kier molecular flexibility index (Phi) is 5.36. The van der Waals surface area contributed by atoms with E-state index in [0.29, 0.717) is 0 Å². The summed E-state index contributed by atoms with van der Waals surface area (Å²) in [5.74, 6) is -0.246. The molecule has 0 fully saturated rings. The summed E-state index contributed by atoms with van der Waals surface area (Å²) < 4.78 is 0. The van der Waals surface area contributed by atoms with Crippen LogP contribution in [0.25, 0.3) is 0 Å². The Balaban J connectivity index is 2.45. The van der Waals surface area contributed by atoms with E-state index < -0.39 is 0 Å². The predicted molar refractivity (Wildman–Crippen MR) is 76.2 cm³/mol. The molecule has 0 saturated heterocycles. The molecule has 0 radical (unpaired) electrons. The van der Waals surface area contributed by atoms with E-state index in [4.69, 9.17) is 0 Å². The maximum absolute atomic E-state index is 11.7. The number of hydrogen-bond acceptors (Lipinski definition) is 2. The number of carbonyl (C=O) groups excluding carboxylic acids is 2. The summed E-state index contributed by atoms with van der Waals surface area (Å²) in [6, 6.07) is 5.51. The van der Waals surface area contributed by atoms with Crippen molar-refractivity contribution in [3.63, 3.8) is 0 Å². The molecule has 0 heterocycles. The Labute approximate surface area is 113 Å². The van der Waals surface area contributed by atoms with E-state index in [9.17, 15) is 9.59 Å². The second-order valence-electron chi connectivity index (χ2n) is 4.91. The van der Waals surface area contributed by atoms with E-state index in [1.165, 1.54) is 0 Å². The molecule has 5 heteroatoms. The van der Waals surface area contributed by atoms with Gasteiger partial charge in [0.1, 0.15) is 0 Å². The predicted octanol–water partition coefficient (Wildman–Crippen LogP) is 1.95. The highest BCUT2D eigenvalue weighted by Gasteiger charge is 2.06. The van der Waals surface area contributed by atoms with Crippen LogP contribution in [-0.4, -0.2) is 24.5 Å². The maximum Gasteiger partial charge on any atom is 0.315 e. The Morgan fingerprint density at radius 1 is 1.11 bits per heavy atom. The molecule has 0 atom stereocenters. The van der Waals surface area contributed by atoms with Crippen molar-refractivity contribution in [1.29, 1.82) is 0 Å². The fraction of sp³-hybridized carbons (Fsp3) is 0.429. The number of aryl methyl sites for hydroxylation is 2. The average molecular weight is 263 g/mol. The van der Waals surface area contributed by atoms with Crippen LogP contribution in [0.2, 0.25) is 0 Å². The van der Waals surface area contributed by atoms with Crippen molar-refractivity contribution in [1.82, 2.24) is 10.6 Å². The standard InChI is InChI=1S/C14H21N3O2/c1-9(2)16-14(19)15-8-13(18)17-12-6-10(3)5-11(4)7-12/h5-7,9H,8H2,1-4H3,(H,17,18)(H2,15,16,19).